The first-order valence-electron chi connectivity index (χ1n) is 7.86. The smallest absolute Gasteiger partial charge is 0.217 e. The van der Waals surface area contributed by atoms with Crippen molar-refractivity contribution in [3.63, 3.8) is 0 Å². The van der Waals surface area contributed by atoms with E-state index in [1.165, 1.54) is 6.92 Å². The average molecular weight is 311 g/mol. The summed E-state index contributed by atoms with van der Waals surface area (Å²) >= 11 is 0. The maximum atomic E-state index is 11.0. The van der Waals surface area contributed by atoms with E-state index in [1.807, 2.05) is 30.5 Å². The number of rotatable bonds is 6. The lowest BCUT2D eigenvalue weighted by Gasteiger charge is -2.27. The molecule has 0 spiro atoms. The maximum absolute atomic E-state index is 11.0. The number of hydrogen-bond donors (Lipinski definition) is 2. The molecule has 1 unspecified atom stereocenters. The van der Waals surface area contributed by atoms with Crippen LogP contribution in [0.25, 0.3) is 11.1 Å². The Labute approximate surface area is 136 Å². The van der Waals surface area contributed by atoms with Gasteiger partial charge in [0.15, 0.2) is 0 Å². The fourth-order valence-electron chi connectivity index (χ4n) is 2.43. The Bertz CT molecular complexity index is 683. The van der Waals surface area contributed by atoms with Crippen LogP contribution in [0.2, 0.25) is 0 Å². The minimum absolute atomic E-state index is 0.0305. The van der Waals surface area contributed by atoms with Gasteiger partial charge in [0, 0.05) is 31.3 Å². The van der Waals surface area contributed by atoms with Gasteiger partial charge in [0.05, 0.1) is 6.20 Å². The molecule has 2 aromatic rings. The molecule has 0 aliphatic carbocycles. The van der Waals surface area contributed by atoms with Crippen molar-refractivity contribution in [2.45, 2.75) is 25.9 Å². The fourth-order valence-corrected chi connectivity index (χ4v) is 2.43. The summed E-state index contributed by atoms with van der Waals surface area (Å²) in [6, 6.07) is 10.5. The molecule has 1 amide bonds. The number of ether oxygens (including phenoxy) is 1. The number of benzene rings is 1. The molecule has 2 heterocycles. The molecule has 23 heavy (non-hydrogen) atoms. The zero-order valence-electron chi connectivity index (χ0n) is 13.2. The zero-order chi connectivity index (χ0) is 16.1. The topological polar surface area (TPSA) is 63.2 Å². The van der Waals surface area contributed by atoms with Crippen molar-refractivity contribution in [3.05, 3.63) is 48.3 Å². The Kier molecular flexibility index (Phi) is 4.88. The van der Waals surface area contributed by atoms with Crippen LogP contribution >= 0.6 is 0 Å². The molecule has 5 nitrogen and oxygen atoms in total. The molecule has 1 atom stereocenters. The summed E-state index contributed by atoms with van der Waals surface area (Å²) in [4.78, 5) is 15.3. The zero-order valence-corrected chi connectivity index (χ0v) is 13.2. The molecule has 1 aliphatic rings. The largest absolute Gasteiger partial charge is 0.490 e. The molecule has 1 aromatic carbocycles. The van der Waals surface area contributed by atoms with E-state index in [1.54, 1.807) is 6.20 Å². The number of nitrogens with zero attached hydrogens (tertiary/aromatic N) is 1. The Hall–Kier alpha value is -2.40. The van der Waals surface area contributed by atoms with Crippen molar-refractivity contribution < 1.29 is 9.53 Å². The number of carbonyl (C=O) groups excluding carboxylic acids is 1. The van der Waals surface area contributed by atoms with Crippen LogP contribution in [0.4, 0.5) is 0 Å². The van der Waals surface area contributed by atoms with Gasteiger partial charge in [0.1, 0.15) is 12.4 Å². The van der Waals surface area contributed by atoms with E-state index in [0.29, 0.717) is 19.2 Å². The second kappa shape index (κ2) is 7.24. The Morgan fingerprint density at radius 1 is 1.35 bits per heavy atom. The van der Waals surface area contributed by atoms with Gasteiger partial charge in [0.2, 0.25) is 5.91 Å². The minimum atomic E-state index is -0.0305. The molecule has 1 aliphatic heterocycles. The van der Waals surface area contributed by atoms with E-state index in [2.05, 4.69) is 21.7 Å². The van der Waals surface area contributed by atoms with Gasteiger partial charge in [0.25, 0.3) is 0 Å². The Morgan fingerprint density at radius 3 is 2.96 bits per heavy atom. The van der Waals surface area contributed by atoms with Gasteiger partial charge in [-0.1, -0.05) is 18.2 Å². The average Bonchev–Trinajstić information content (AvgIpc) is 2.52. The lowest BCUT2D eigenvalue weighted by atomic mass is 10.0. The number of nitrogens with one attached hydrogen (secondary N) is 2. The fraction of sp³-hybridized carbons (Fsp3) is 0.333. The van der Waals surface area contributed by atoms with Crippen LogP contribution in [0, 0.1) is 0 Å². The predicted octanol–water partition coefficient (Wildman–Crippen LogP) is 2.13. The van der Waals surface area contributed by atoms with E-state index in [0.717, 1.165) is 35.4 Å². The molecule has 0 bridgehead atoms. The van der Waals surface area contributed by atoms with Gasteiger partial charge in [-0.3, -0.25) is 9.78 Å². The van der Waals surface area contributed by atoms with Crippen LogP contribution in [0.1, 0.15) is 18.9 Å². The van der Waals surface area contributed by atoms with Crippen LogP contribution in [0.3, 0.4) is 0 Å². The Balaban J connectivity index is 1.70. The van der Waals surface area contributed by atoms with Gasteiger partial charge in [-0.15, -0.1) is 0 Å². The van der Waals surface area contributed by atoms with Gasteiger partial charge in [-0.25, -0.2) is 0 Å². The number of aromatic nitrogens is 1. The SMILES string of the molecule is CC(=O)NCc1cccc(-c2cncc(OCC3CCN3)c2)c1. The summed E-state index contributed by atoms with van der Waals surface area (Å²) in [5.74, 6) is 0.750. The standard InChI is InChI=1S/C18H21N3O2/c1-13(22)21-9-14-3-2-4-15(7-14)16-8-18(11-19-10-16)23-12-17-5-6-20-17/h2-4,7-8,10-11,17,20H,5-6,9,12H2,1H3,(H,21,22). The van der Waals surface area contributed by atoms with Crippen LogP contribution < -0.4 is 15.4 Å². The molecular formula is C18H21N3O2. The quantitative estimate of drug-likeness (QED) is 0.858. The molecule has 3 rings (SSSR count). The van der Waals surface area contributed by atoms with Crippen LogP contribution in [0.15, 0.2) is 42.7 Å². The summed E-state index contributed by atoms with van der Waals surface area (Å²) in [7, 11) is 0. The van der Waals surface area contributed by atoms with E-state index < -0.39 is 0 Å². The Morgan fingerprint density at radius 2 is 2.22 bits per heavy atom. The summed E-state index contributed by atoms with van der Waals surface area (Å²) in [6.45, 7) is 3.80. The molecule has 1 fully saturated rings. The number of pyridine rings is 1. The van der Waals surface area contributed by atoms with Crippen molar-refractivity contribution in [2.24, 2.45) is 0 Å². The summed E-state index contributed by atoms with van der Waals surface area (Å²) < 4.78 is 5.80. The third-order valence-electron chi connectivity index (χ3n) is 3.89. The molecule has 0 saturated carbocycles. The van der Waals surface area contributed by atoms with Gasteiger partial charge < -0.3 is 15.4 Å². The summed E-state index contributed by atoms with van der Waals surface area (Å²) in [6.07, 6.45) is 4.73. The molecule has 2 N–H and O–H groups in total. The normalized spacial score (nSPS) is 16.5. The highest BCUT2D eigenvalue weighted by atomic mass is 16.5. The lowest BCUT2D eigenvalue weighted by Crippen LogP contribution is -2.46. The van der Waals surface area contributed by atoms with Crippen molar-refractivity contribution in [1.82, 2.24) is 15.6 Å². The third-order valence-corrected chi connectivity index (χ3v) is 3.89. The second-order valence-corrected chi connectivity index (χ2v) is 5.77. The molecule has 5 heteroatoms. The molecular weight excluding hydrogens is 290 g/mol. The van der Waals surface area contributed by atoms with Crippen LogP contribution in [-0.4, -0.2) is 30.1 Å². The van der Waals surface area contributed by atoms with E-state index in [-0.39, 0.29) is 5.91 Å². The monoisotopic (exact) mass is 311 g/mol. The van der Waals surface area contributed by atoms with Gasteiger partial charge in [-0.2, -0.15) is 0 Å². The van der Waals surface area contributed by atoms with Crippen molar-refractivity contribution in [1.29, 1.82) is 0 Å². The third kappa shape index (κ3) is 4.29. The second-order valence-electron chi connectivity index (χ2n) is 5.77. The van der Waals surface area contributed by atoms with E-state index in [9.17, 15) is 4.79 Å². The minimum Gasteiger partial charge on any atom is -0.490 e. The first-order chi connectivity index (χ1) is 11.2. The highest BCUT2D eigenvalue weighted by Crippen LogP contribution is 2.24. The van der Waals surface area contributed by atoms with E-state index >= 15 is 0 Å². The lowest BCUT2D eigenvalue weighted by molar-refractivity contribution is -0.119. The molecule has 120 valence electrons. The summed E-state index contributed by atoms with van der Waals surface area (Å²) in [5.41, 5.74) is 3.13. The number of hydrogen-bond acceptors (Lipinski definition) is 4. The molecule has 1 aromatic heterocycles. The molecule has 1 saturated heterocycles. The predicted molar refractivity (Wildman–Crippen MR) is 89.1 cm³/mol. The van der Waals surface area contributed by atoms with Crippen molar-refractivity contribution >= 4 is 5.91 Å². The maximum Gasteiger partial charge on any atom is 0.217 e. The first-order valence-corrected chi connectivity index (χ1v) is 7.86. The number of amides is 1. The van der Waals surface area contributed by atoms with Gasteiger partial charge >= 0.3 is 0 Å². The van der Waals surface area contributed by atoms with Crippen LogP contribution in [0.5, 0.6) is 5.75 Å². The highest BCUT2D eigenvalue weighted by molar-refractivity contribution is 5.73. The highest BCUT2D eigenvalue weighted by Gasteiger charge is 2.16. The molecule has 0 radical (unpaired) electrons. The van der Waals surface area contributed by atoms with Crippen molar-refractivity contribution in [2.75, 3.05) is 13.2 Å². The summed E-state index contributed by atoms with van der Waals surface area (Å²) in [5, 5.41) is 6.12. The number of carbonyl (C=O) groups is 1. The van der Waals surface area contributed by atoms with Crippen molar-refractivity contribution in [3.8, 4) is 16.9 Å². The first kappa shape index (κ1) is 15.5. The van der Waals surface area contributed by atoms with E-state index in [4.69, 9.17) is 4.74 Å². The van der Waals surface area contributed by atoms with Gasteiger partial charge in [-0.05, 0) is 36.2 Å². The van der Waals surface area contributed by atoms with Crippen LogP contribution in [-0.2, 0) is 11.3 Å².